The molecule has 0 amide bonds. The van der Waals surface area contributed by atoms with Crippen molar-refractivity contribution >= 4 is 22.7 Å². The lowest BCUT2D eigenvalue weighted by molar-refractivity contribution is 0.619. The van der Waals surface area contributed by atoms with Gasteiger partial charge in [-0.25, -0.2) is 0 Å². The number of nitrogen functional groups attached to an aromatic ring is 4. The van der Waals surface area contributed by atoms with E-state index < -0.39 is 0 Å². The van der Waals surface area contributed by atoms with E-state index in [4.69, 9.17) is 22.9 Å². The number of rotatable bonds is 0. The van der Waals surface area contributed by atoms with Crippen molar-refractivity contribution in [1.29, 1.82) is 0 Å². The predicted molar refractivity (Wildman–Crippen MR) is 70.0 cm³/mol. The first-order valence-electron chi connectivity index (χ1n) is 5.86. The third-order valence-electron chi connectivity index (χ3n) is 3.49. The average molecular weight is 220 g/mol. The summed E-state index contributed by atoms with van der Waals surface area (Å²) in [6.45, 7) is 0. The molecular weight excluding hydrogens is 200 g/mol. The van der Waals surface area contributed by atoms with Crippen molar-refractivity contribution in [2.75, 3.05) is 22.9 Å². The van der Waals surface area contributed by atoms with Gasteiger partial charge in [0.2, 0.25) is 0 Å². The fourth-order valence-corrected chi connectivity index (χ4v) is 2.47. The van der Waals surface area contributed by atoms with E-state index in [2.05, 4.69) is 0 Å². The van der Waals surface area contributed by atoms with Crippen molar-refractivity contribution in [3.8, 4) is 0 Å². The normalized spacial score (nSPS) is 16.2. The van der Waals surface area contributed by atoms with Crippen LogP contribution in [0.1, 0.15) is 36.8 Å². The molecule has 1 aliphatic carbocycles. The maximum atomic E-state index is 6.03. The Morgan fingerprint density at radius 1 is 0.500 bits per heavy atom. The molecule has 0 spiro atoms. The molecule has 1 aliphatic rings. The summed E-state index contributed by atoms with van der Waals surface area (Å²) in [4.78, 5) is 0. The van der Waals surface area contributed by atoms with Gasteiger partial charge in [0.05, 0.1) is 22.7 Å². The van der Waals surface area contributed by atoms with E-state index in [9.17, 15) is 0 Å². The van der Waals surface area contributed by atoms with Gasteiger partial charge in [-0.15, -0.1) is 0 Å². The zero-order chi connectivity index (χ0) is 11.7. The molecule has 2 rings (SSSR count). The molecule has 0 heterocycles. The molecule has 0 aromatic heterocycles. The molecule has 8 N–H and O–H groups in total. The van der Waals surface area contributed by atoms with Crippen LogP contribution in [-0.4, -0.2) is 0 Å². The standard InChI is InChI=1S/C12H20N4/c13-9-7-5-3-1-2-4-6-8(7)10(14)12(16)11(9)15/h1-6,13-16H2. The van der Waals surface area contributed by atoms with Gasteiger partial charge in [-0.05, 0) is 36.8 Å². The molecule has 0 radical (unpaired) electrons. The number of hydrogen-bond donors (Lipinski definition) is 4. The molecule has 4 nitrogen and oxygen atoms in total. The first kappa shape index (κ1) is 10.9. The van der Waals surface area contributed by atoms with E-state index in [0.717, 1.165) is 36.8 Å². The highest BCUT2D eigenvalue weighted by Gasteiger charge is 2.18. The van der Waals surface area contributed by atoms with Gasteiger partial charge in [0.25, 0.3) is 0 Å². The Morgan fingerprint density at radius 2 is 0.875 bits per heavy atom. The number of hydrogen-bond acceptors (Lipinski definition) is 4. The van der Waals surface area contributed by atoms with Crippen molar-refractivity contribution in [3.05, 3.63) is 11.1 Å². The summed E-state index contributed by atoms with van der Waals surface area (Å²) < 4.78 is 0. The average Bonchev–Trinajstić information content (AvgIpc) is 2.24. The van der Waals surface area contributed by atoms with Gasteiger partial charge in [0, 0.05) is 0 Å². The van der Waals surface area contributed by atoms with Gasteiger partial charge in [-0.1, -0.05) is 12.8 Å². The summed E-state index contributed by atoms with van der Waals surface area (Å²) in [6, 6.07) is 0. The van der Waals surface area contributed by atoms with Gasteiger partial charge in [0.15, 0.2) is 0 Å². The molecule has 0 atom stereocenters. The zero-order valence-corrected chi connectivity index (χ0v) is 9.55. The molecule has 0 fully saturated rings. The second-order valence-electron chi connectivity index (χ2n) is 4.53. The van der Waals surface area contributed by atoms with Crippen LogP contribution in [0.15, 0.2) is 0 Å². The number of anilines is 4. The molecule has 0 saturated heterocycles. The van der Waals surface area contributed by atoms with E-state index >= 15 is 0 Å². The molecule has 0 aliphatic heterocycles. The summed E-state index contributed by atoms with van der Waals surface area (Å²) in [7, 11) is 0. The van der Waals surface area contributed by atoms with Crippen molar-refractivity contribution < 1.29 is 0 Å². The number of fused-ring (bicyclic) bond motifs is 1. The van der Waals surface area contributed by atoms with Crippen LogP contribution in [0.5, 0.6) is 0 Å². The van der Waals surface area contributed by atoms with E-state index in [1.165, 1.54) is 12.8 Å². The Hall–Kier alpha value is -1.58. The van der Waals surface area contributed by atoms with Gasteiger partial charge < -0.3 is 22.9 Å². The lowest BCUT2D eigenvalue weighted by Crippen LogP contribution is -2.13. The minimum absolute atomic E-state index is 0.455. The van der Waals surface area contributed by atoms with Crippen molar-refractivity contribution in [1.82, 2.24) is 0 Å². The van der Waals surface area contributed by atoms with Crippen molar-refractivity contribution in [3.63, 3.8) is 0 Å². The summed E-state index contributed by atoms with van der Waals surface area (Å²) >= 11 is 0. The summed E-state index contributed by atoms with van der Waals surface area (Å²) in [6.07, 6.45) is 6.75. The minimum atomic E-state index is 0.455. The highest BCUT2D eigenvalue weighted by atomic mass is 14.8. The van der Waals surface area contributed by atoms with Crippen LogP contribution in [0.25, 0.3) is 0 Å². The Kier molecular flexibility index (Phi) is 2.81. The molecule has 4 heteroatoms. The Morgan fingerprint density at radius 3 is 1.25 bits per heavy atom. The first-order valence-corrected chi connectivity index (χ1v) is 5.86. The van der Waals surface area contributed by atoms with Crippen LogP contribution in [0.3, 0.4) is 0 Å². The zero-order valence-electron chi connectivity index (χ0n) is 9.55. The number of benzene rings is 1. The van der Waals surface area contributed by atoms with Crippen LogP contribution < -0.4 is 22.9 Å². The highest BCUT2D eigenvalue weighted by molar-refractivity contribution is 5.90. The van der Waals surface area contributed by atoms with E-state index in [-0.39, 0.29) is 0 Å². The Bertz CT molecular complexity index is 373. The van der Waals surface area contributed by atoms with Crippen LogP contribution in [0.2, 0.25) is 0 Å². The molecular formula is C12H20N4. The van der Waals surface area contributed by atoms with Gasteiger partial charge in [-0.2, -0.15) is 0 Å². The third kappa shape index (κ3) is 1.64. The fourth-order valence-electron chi connectivity index (χ4n) is 2.47. The third-order valence-corrected chi connectivity index (χ3v) is 3.49. The lowest BCUT2D eigenvalue weighted by Gasteiger charge is -2.21. The second kappa shape index (κ2) is 4.12. The van der Waals surface area contributed by atoms with Crippen molar-refractivity contribution in [2.45, 2.75) is 38.5 Å². The summed E-state index contributed by atoms with van der Waals surface area (Å²) in [5.74, 6) is 0. The molecule has 1 aromatic rings. The molecule has 16 heavy (non-hydrogen) atoms. The minimum Gasteiger partial charge on any atom is -0.397 e. The molecule has 1 aromatic carbocycles. The van der Waals surface area contributed by atoms with Gasteiger partial charge in [-0.3, -0.25) is 0 Å². The maximum Gasteiger partial charge on any atom is 0.0805 e. The SMILES string of the molecule is Nc1c(N)c(N)c2c(c1N)CCCCCC2. The fraction of sp³-hybridized carbons (Fsp3) is 0.500. The van der Waals surface area contributed by atoms with E-state index in [1.807, 2.05) is 0 Å². The monoisotopic (exact) mass is 220 g/mol. The first-order chi connectivity index (χ1) is 7.63. The highest BCUT2D eigenvalue weighted by Crippen LogP contribution is 2.39. The van der Waals surface area contributed by atoms with Crippen LogP contribution in [0.4, 0.5) is 22.7 Å². The molecule has 0 saturated carbocycles. The Labute approximate surface area is 96.0 Å². The summed E-state index contributed by atoms with van der Waals surface area (Å²) in [5.41, 5.74) is 28.3. The predicted octanol–water partition coefficient (Wildman–Crippen LogP) is 1.67. The number of nitrogens with two attached hydrogens (primary N) is 4. The van der Waals surface area contributed by atoms with Crippen molar-refractivity contribution in [2.24, 2.45) is 0 Å². The molecule has 0 unspecified atom stereocenters. The Balaban J connectivity index is 2.58. The molecule has 88 valence electrons. The lowest BCUT2D eigenvalue weighted by atomic mass is 9.89. The quantitative estimate of drug-likeness (QED) is 0.499. The second-order valence-corrected chi connectivity index (χ2v) is 4.53. The van der Waals surface area contributed by atoms with Crippen LogP contribution in [-0.2, 0) is 12.8 Å². The van der Waals surface area contributed by atoms with Crippen LogP contribution in [0, 0.1) is 0 Å². The summed E-state index contributed by atoms with van der Waals surface area (Å²) in [5, 5.41) is 0. The van der Waals surface area contributed by atoms with Gasteiger partial charge >= 0.3 is 0 Å². The smallest absolute Gasteiger partial charge is 0.0805 e. The molecule has 0 bridgehead atoms. The van der Waals surface area contributed by atoms with E-state index in [1.54, 1.807) is 0 Å². The van der Waals surface area contributed by atoms with E-state index in [0.29, 0.717) is 22.7 Å². The topological polar surface area (TPSA) is 104 Å². The van der Waals surface area contributed by atoms with Gasteiger partial charge in [0.1, 0.15) is 0 Å². The van der Waals surface area contributed by atoms with Crippen LogP contribution >= 0.6 is 0 Å². The largest absolute Gasteiger partial charge is 0.397 e. The maximum absolute atomic E-state index is 6.03.